The van der Waals surface area contributed by atoms with E-state index in [-0.39, 0.29) is 0 Å². The van der Waals surface area contributed by atoms with E-state index in [4.69, 9.17) is 0 Å². The van der Waals surface area contributed by atoms with Gasteiger partial charge in [-0.3, -0.25) is 0 Å². The van der Waals surface area contributed by atoms with E-state index in [0.717, 1.165) is 19.3 Å². The van der Waals surface area contributed by atoms with E-state index in [1.54, 1.807) is 7.11 Å². The fourth-order valence-corrected chi connectivity index (χ4v) is 0.966. The normalized spacial score (nSPS) is 9.69. The predicted molar refractivity (Wildman–Crippen MR) is 56.7 cm³/mol. The van der Waals surface area contributed by atoms with Crippen molar-refractivity contribution >= 4 is 6.21 Å². The highest BCUT2D eigenvalue weighted by atomic mass is 16.6. The maximum atomic E-state index is 4.55. The van der Waals surface area contributed by atoms with Gasteiger partial charge in [0.1, 0.15) is 7.11 Å². The van der Waals surface area contributed by atoms with Crippen LogP contribution in [-0.4, -0.2) is 13.3 Å². The Morgan fingerprint density at radius 1 is 1.23 bits per heavy atom. The fraction of sp³-hybridized carbons (Fsp3) is 0.727. The first-order valence-electron chi connectivity index (χ1n) is 4.92. The van der Waals surface area contributed by atoms with Gasteiger partial charge >= 0.3 is 0 Å². The lowest BCUT2D eigenvalue weighted by Gasteiger charge is -1.92. The molecule has 0 atom stereocenters. The average molecular weight is 181 g/mol. The third-order valence-corrected chi connectivity index (χ3v) is 1.62. The molecule has 0 bridgehead atoms. The van der Waals surface area contributed by atoms with E-state index in [1.165, 1.54) is 19.3 Å². The van der Waals surface area contributed by atoms with Gasteiger partial charge in [0.05, 0.1) is 0 Å². The number of unbranched alkanes of at least 4 members (excludes halogenated alkanes) is 4. The maximum absolute atomic E-state index is 4.55. The van der Waals surface area contributed by atoms with Crippen LogP contribution in [0.3, 0.4) is 0 Å². The van der Waals surface area contributed by atoms with Gasteiger partial charge in [-0.2, -0.15) is 0 Å². The van der Waals surface area contributed by atoms with E-state index in [9.17, 15) is 0 Å². The highest BCUT2D eigenvalue weighted by Crippen LogP contribution is 2.00. The maximum Gasteiger partial charge on any atom is 0.106 e. The van der Waals surface area contributed by atoms with E-state index < -0.39 is 0 Å². The van der Waals surface area contributed by atoms with Gasteiger partial charge < -0.3 is 4.84 Å². The predicted octanol–water partition coefficient (Wildman–Crippen LogP) is 2.98. The second kappa shape index (κ2) is 11.0. The molecule has 0 radical (unpaired) electrons. The van der Waals surface area contributed by atoms with Crippen LogP contribution in [0.5, 0.6) is 0 Å². The summed E-state index contributed by atoms with van der Waals surface area (Å²) in [5.74, 6) is 6.19. The van der Waals surface area contributed by atoms with Gasteiger partial charge in [-0.1, -0.05) is 18.5 Å². The second-order valence-corrected chi connectivity index (χ2v) is 2.78. The van der Waals surface area contributed by atoms with Crippen molar-refractivity contribution in [1.29, 1.82) is 0 Å². The van der Waals surface area contributed by atoms with E-state index in [0.29, 0.717) is 0 Å². The summed E-state index contributed by atoms with van der Waals surface area (Å²) in [6.45, 7) is 2.08. The second-order valence-electron chi connectivity index (χ2n) is 2.78. The molecule has 0 aliphatic carbocycles. The van der Waals surface area contributed by atoms with Crippen molar-refractivity contribution in [2.75, 3.05) is 7.11 Å². The monoisotopic (exact) mass is 181 g/mol. The van der Waals surface area contributed by atoms with E-state index >= 15 is 0 Å². The molecule has 0 aromatic heterocycles. The molecule has 0 amide bonds. The molecule has 2 nitrogen and oxygen atoms in total. The van der Waals surface area contributed by atoms with Gasteiger partial charge in [0.25, 0.3) is 0 Å². The Bertz CT molecular complexity index is 176. The van der Waals surface area contributed by atoms with Gasteiger partial charge in [-0.15, -0.1) is 11.8 Å². The summed E-state index contributed by atoms with van der Waals surface area (Å²) in [4.78, 5) is 4.55. The molecular formula is C11H19NO. The standard InChI is InChI=1S/C11H19NO/c1-3-4-5-6-7-8-9-10-11-12-13-2/h11H,3,6-10H2,1-2H3/b12-11-. The van der Waals surface area contributed by atoms with Crippen LogP contribution in [0.25, 0.3) is 0 Å². The topological polar surface area (TPSA) is 21.6 Å². The van der Waals surface area contributed by atoms with Crippen LogP contribution in [-0.2, 0) is 4.84 Å². The summed E-state index contributed by atoms with van der Waals surface area (Å²) in [6, 6.07) is 0. The molecule has 13 heavy (non-hydrogen) atoms. The fourth-order valence-electron chi connectivity index (χ4n) is 0.966. The molecule has 0 saturated carbocycles. The molecule has 0 aliphatic rings. The Kier molecular flexibility index (Phi) is 10.2. The molecular weight excluding hydrogens is 162 g/mol. The van der Waals surface area contributed by atoms with Crippen molar-refractivity contribution in [2.45, 2.75) is 45.4 Å². The van der Waals surface area contributed by atoms with Crippen molar-refractivity contribution in [3.05, 3.63) is 0 Å². The van der Waals surface area contributed by atoms with Crippen molar-refractivity contribution < 1.29 is 4.84 Å². The third kappa shape index (κ3) is 11.0. The molecule has 0 N–H and O–H groups in total. The first-order chi connectivity index (χ1) is 6.41. The lowest BCUT2D eigenvalue weighted by molar-refractivity contribution is 0.214. The molecule has 0 aromatic carbocycles. The largest absolute Gasteiger partial charge is 0.399 e. The Morgan fingerprint density at radius 3 is 2.77 bits per heavy atom. The molecule has 0 heterocycles. The minimum atomic E-state index is 0.973. The van der Waals surface area contributed by atoms with Crippen molar-refractivity contribution in [3.8, 4) is 11.8 Å². The summed E-state index contributed by atoms with van der Waals surface area (Å²) in [5.41, 5.74) is 0. The average Bonchev–Trinajstić information content (AvgIpc) is 2.16. The van der Waals surface area contributed by atoms with Gasteiger partial charge in [0.15, 0.2) is 0 Å². The quantitative estimate of drug-likeness (QED) is 0.267. The number of oxime groups is 1. The van der Waals surface area contributed by atoms with Crippen molar-refractivity contribution in [2.24, 2.45) is 5.16 Å². The molecule has 74 valence electrons. The first-order valence-corrected chi connectivity index (χ1v) is 4.92. The first kappa shape index (κ1) is 12.0. The molecule has 0 saturated heterocycles. The number of hydrogen-bond acceptors (Lipinski definition) is 2. The van der Waals surface area contributed by atoms with Crippen LogP contribution in [0.15, 0.2) is 5.16 Å². The zero-order valence-electron chi connectivity index (χ0n) is 8.68. The highest BCUT2D eigenvalue weighted by molar-refractivity contribution is 5.55. The van der Waals surface area contributed by atoms with E-state index in [1.807, 2.05) is 6.21 Å². The van der Waals surface area contributed by atoms with Gasteiger partial charge in [0, 0.05) is 19.1 Å². The van der Waals surface area contributed by atoms with Crippen LogP contribution in [0.1, 0.15) is 45.4 Å². The van der Waals surface area contributed by atoms with Crippen LogP contribution in [0.4, 0.5) is 0 Å². The summed E-state index contributed by atoms with van der Waals surface area (Å²) in [5, 5.41) is 3.67. The Hall–Kier alpha value is -0.970. The lowest BCUT2D eigenvalue weighted by Crippen LogP contribution is -1.80. The highest BCUT2D eigenvalue weighted by Gasteiger charge is 1.85. The van der Waals surface area contributed by atoms with Crippen LogP contribution in [0, 0.1) is 11.8 Å². The summed E-state index contributed by atoms with van der Waals surface area (Å²) in [6.07, 6.45) is 8.45. The Morgan fingerprint density at radius 2 is 2.08 bits per heavy atom. The van der Waals surface area contributed by atoms with Crippen molar-refractivity contribution in [1.82, 2.24) is 0 Å². The van der Waals surface area contributed by atoms with Gasteiger partial charge in [-0.25, -0.2) is 0 Å². The minimum absolute atomic E-state index is 0.973. The van der Waals surface area contributed by atoms with Crippen molar-refractivity contribution in [3.63, 3.8) is 0 Å². The van der Waals surface area contributed by atoms with E-state index in [2.05, 4.69) is 28.8 Å². The van der Waals surface area contributed by atoms with Crippen LogP contribution < -0.4 is 0 Å². The van der Waals surface area contributed by atoms with Gasteiger partial charge in [0.2, 0.25) is 0 Å². The van der Waals surface area contributed by atoms with Crippen LogP contribution in [0.2, 0.25) is 0 Å². The molecule has 0 rings (SSSR count). The van der Waals surface area contributed by atoms with Gasteiger partial charge in [-0.05, 0) is 19.3 Å². The molecule has 0 aromatic rings. The smallest absolute Gasteiger partial charge is 0.106 e. The summed E-state index contributed by atoms with van der Waals surface area (Å²) >= 11 is 0. The minimum Gasteiger partial charge on any atom is -0.399 e. The third-order valence-electron chi connectivity index (χ3n) is 1.62. The molecule has 0 unspecified atom stereocenters. The molecule has 0 fully saturated rings. The molecule has 0 aliphatic heterocycles. The zero-order valence-corrected chi connectivity index (χ0v) is 8.68. The SMILES string of the molecule is CCC#CCCCCC/C=N\OC. The Balaban J connectivity index is 3.04. The van der Waals surface area contributed by atoms with Crippen LogP contribution >= 0.6 is 0 Å². The summed E-state index contributed by atoms with van der Waals surface area (Å²) < 4.78 is 0. The Labute approximate surface area is 81.4 Å². The molecule has 2 heteroatoms. The zero-order chi connectivity index (χ0) is 9.78. The number of hydrogen-bond donors (Lipinski definition) is 0. The lowest BCUT2D eigenvalue weighted by atomic mass is 10.1. The number of rotatable bonds is 6. The number of nitrogens with zero attached hydrogens (tertiary/aromatic N) is 1. The molecule has 0 spiro atoms. The summed E-state index contributed by atoms with van der Waals surface area (Å²) in [7, 11) is 1.57.